The maximum atomic E-state index is 12.9. The van der Waals surface area contributed by atoms with E-state index in [2.05, 4.69) is 5.32 Å². The van der Waals surface area contributed by atoms with E-state index in [1.807, 2.05) is 6.92 Å². The summed E-state index contributed by atoms with van der Waals surface area (Å²) in [6, 6.07) is 28.2. The molecule has 0 bridgehead atoms. The number of hydrogen-bond donors (Lipinski definition) is 3. The minimum atomic E-state index is -3.91. The molecule has 10 nitrogen and oxygen atoms in total. The standard InChI is InChI=1S/C30H28N4O6S/c1-2-34(20-21-9-8-10-23(19-21)28(31)33-29(35)39-24-11-4-3-5-12-24)30(36)40-25-17-15-22(16-18-25)26-13-6-7-14-27(26)41(32,37)38/h3-19H,2,20H2,1H3,(H2,31,33,35)(H2,32,37,38). The largest absolute Gasteiger partial charge is 0.418 e. The smallest absolute Gasteiger partial charge is 0.410 e. The first kappa shape index (κ1) is 29.0. The first-order valence-electron chi connectivity index (χ1n) is 12.5. The summed E-state index contributed by atoms with van der Waals surface area (Å²) in [5.41, 5.74) is 2.20. The van der Waals surface area contributed by atoms with E-state index < -0.39 is 22.2 Å². The van der Waals surface area contributed by atoms with Gasteiger partial charge in [0.1, 0.15) is 17.3 Å². The average Bonchev–Trinajstić information content (AvgIpc) is 2.96. The Kier molecular flexibility index (Phi) is 9.12. The van der Waals surface area contributed by atoms with Crippen molar-refractivity contribution in [3.63, 3.8) is 0 Å². The van der Waals surface area contributed by atoms with Gasteiger partial charge in [-0.1, -0.05) is 66.7 Å². The van der Waals surface area contributed by atoms with Gasteiger partial charge in [-0.05, 0) is 54.4 Å². The van der Waals surface area contributed by atoms with Gasteiger partial charge in [0, 0.05) is 24.2 Å². The number of nitrogens with two attached hydrogens (primary N) is 1. The topological polar surface area (TPSA) is 152 Å². The molecule has 4 aromatic carbocycles. The molecule has 0 heterocycles. The fraction of sp³-hybridized carbons (Fsp3) is 0.100. The van der Waals surface area contributed by atoms with Crippen LogP contribution < -0.4 is 19.9 Å². The highest BCUT2D eigenvalue weighted by Gasteiger charge is 2.18. The van der Waals surface area contributed by atoms with E-state index in [9.17, 15) is 18.0 Å². The van der Waals surface area contributed by atoms with Crippen molar-refractivity contribution in [1.82, 2.24) is 10.2 Å². The van der Waals surface area contributed by atoms with Crippen LogP contribution in [0, 0.1) is 5.41 Å². The maximum absolute atomic E-state index is 12.9. The molecule has 0 spiro atoms. The number of nitrogens with zero attached hydrogens (tertiary/aromatic N) is 1. The summed E-state index contributed by atoms with van der Waals surface area (Å²) >= 11 is 0. The molecule has 0 aliphatic carbocycles. The van der Waals surface area contributed by atoms with Crippen molar-refractivity contribution in [2.45, 2.75) is 18.4 Å². The molecular formula is C30H28N4O6S. The molecule has 0 aliphatic rings. The lowest BCUT2D eigenvalue weighted by atomic mass is 10.1. The first-order chi connectivity index (χ1) is 19.6. The highest BCUT2D eigenvalue weighted by atomic mass is 32.2. The number of benzene rings is 4. The van der Waals surface area contributed by atoms with Crippen molar-refractivity contribution < 1.29 is 27.5 Å². The van der Waals surface area contributed by atoms with Gasteiger partial charge < -0.3 is 14.4 Å². The number of rotatable bonds is 8. The summed E-state index contributed by atoms with van der Waals surface area (Å²) in [6.07, 6.45) is -1.38. The summed E-state index contributed by atoms with van der Waals surface area (Å²) in [5.74, 6) is 0.482. The monoisotopic (exact) mass is 572 g/mol. The van der Waals surface area contributed by atoms with Crippen molar-refractivity contribution in [3.8, 4) is 22.6 Å². The molecule has 210 valence electrons. The molecule has 0 aromatic heterocycles. The number of nitrogens with one attached hydrogen (secondary N) is 2. The summed E-state index contributed by atoms with van der Waals surface area (Å²) in [5, 5.41) is 16.0. The Labute approximate surface area is 237 Å². The summed E-state index contributed by atoms with van der Waals surface area (Å²) in [7, 11) is -3.91. The predicted octanol–water partition coefficient (Wildman–Crippen LogP) is 5.14. The van der Waals surface area contributed by atoms with E-state index in [1.54, 1.807) is 97.1 Å². The van der Waals surface area contributed by atoms with Gasteiger partial charge >= 0.3 is 12.2 Å². The van der Waals surface area contributed by atoms with E-state index in [4.69, 9.17) is 20.0 Å². The first-order valence-corrected chi connectivity index (χ1v) is 14.1. The second kappa shape index (κ2) is 12.9. The predicted molar refractivity (Wildman–Crippen MR) is 154 cm³/mol. The quantitative estimate of drug-likeness (QED) is 0.196. The van der Waals surface area contributed by atoms with Crippen LogP contribution in [0.4, 0.5) is 9.59 Å². The van der Waals surface area contributed by atoms with Gasteiger partial charge in [0.2, 0.25) is 10.0 Å². The number of hydrogen-bond acceptors (Lipinski definition) is 7. The van der Waals surface area contributed by atoms with Gasteiger partial charge in [0.05, 0.1) is 4.90 Å². The molecule has 4 rings (SSSR count). The van der Waals surface area contributed by atoms with Crippen molar-refractivity contribution in [2.24, 2.45) is 5.14 Å². The summed E-state index contributed by atoms with van der Waals surface area (Å²) in [4.78, 5) is 26.5. The molecule has 11 heteroatoms. The van der Waals surface area contributed by atoms with Crippen molar-refractivity contribution in [1.29, 1.82) is 5.41 Å². The van der Waals surface area contributed by atoms with Gasteiger partial charge in [0.25, 0.3) is 0 Å². The van der Waals surface area contributed by atoms with Crippen molar-refractivity contribution in [2.75, 3.05) is 6.54 Å². The van der Waals surface area contributed by atoms with E-state index in [0.717, 1.165) is 5.56 Å². The SMILES string of the molecule is CCN(Cc1cccc(C(=N)NC(=O)Oc2ccccc2)c1)C(=O)Oc1ccc(-c2ccccc2S(N)(=O)=O)cc1. The second-order valence-electron chi connectivity index (χ2n) is 8.85. The van der Waals surface area contributed by atoms with E-state index in [1.165, 1.54) is 11.0 Å². The number of carbonyl (C=O) groups is 2. The number of amides is 2. The zero-order valence-corrected chi connectivity index (χ0v) is 22.9. The van der Waals surface area contributed by atoms with Gasteiger partial charge in [-0.15, -0.1) is 0 Å². The van der Waals surface area contributed by atoms with Crippen LogP contribution in [0.2, 0.25) is 0 Å². The molecule has 0 fully saturated rings. The second-order valence-corrected chi connectivity index (χ2v) is 10.4. The third-order valence-corrected chi connectivity index (χ3v) is 6.94. The van der Waals surface area contributed by atoms with Crippen LogP contribution in [0.25, 0.3) is 11.1 Å². The Morgan fingerprint density at radius 1 is 0.854 bits per heavy atom. The third kappa shape index (κ3) is 7.78. The number of primary sulfonamides is 1. The molecular weight excluding hydrogens is 544 g/mol. The molecule has 4 aromatic rings. The minimum absolute atomic E-state index is 0.000464. The Bertz CT molecular complexity index is 1660. The highest BCUT2D eigenvalue weighted by Crippen LogP contribution is 2.28. The lowest BCUT2D eigenvalue weighted by Gasteiger charge is -2.21. The normalized spacial score (nSPS) is 10.9. The fourth-order valence-electron chi connectivity index (χ4n) is 3.97. The lowest BCUT2D eigenvalue weighted by Crippen LogP contribution is -2.34. The van der Waals surface area contributed by atoms with Crippen LogP contribution in [-0.2, 0) is 16.6 Å². The van der Waals surface area contributed by atoms with Crippen LogP contribution in [0.1, 0.15) is 18.1 Å². The zero-order chi connectivity index (χ0) is 29.4. The fourth-order valence-corrected chi connectivity index (χ4v) is 4.73. The van der Waals surface area contributed by atoms with Crippen LogP contribution in [0.15, 0.2) is 108 Å². The number of amidine groups is 1. The van der Waals surface area contributed by atoms with E-state index in [0.29, 0.717) is 29.0 Å². The molecule has 0 unspecified atom stereocenters. The van der Waals surface area contributed by atoms with Gasteiger partial charge in [-0.25, -0.2) is 23.1 Å². The number of carbonyl (C=O) groups excluding carboxylic acids is 2. The van der Waals surface area contributed by atoms with Crippen molar-refractivity contribution >= 4 is 28.0 Å². The van der Waals surface area contributed by atoms with E-state index >= 15 is 0 Å². The number of sulfonamides is 1. The third-order valence-electron chi connectivity index (χ3n) is 5.97. The van der Waals surface area contributed by atoms with Gasteiger partial charge in [-0.3, -0.25) is 10.7 Å². The molecule has 2 amide bonds. The lowest BCUT2D eigenvalue weighted by molar-refractivity contribution is 0.152. The van der Waals surface area contributed by atoms with Crippen LogP contribution in [0.5, 0.6) is 11.5 Å². The Morgan fingerprint density at radius 2 is 1.51 bits per heavy atom. The average molecular weight is 573 g/mol. The maximum Gasteiger partial charge on any atom is 0.418 e. The Morgan fingerprint density at radius 3 is 2.20 bits per heavy atom. The molecule has 0 aliphatic heterocycles. The molecule has 0 saturated carbocycles. The van der Waals surface area contributed by atoms with Crippen LogP contribution >= 0.6 is 0 Å². The molecule has 0 saturated heterocycles. The van der Waals surface area contributed by atoms with Crippen molar-refractivity contribution in [3.05, 3.63) is 114 Å². The summed E-state index contributed by atoms with van der Waals surface area (Å²) < 4.78 is 34.6. The van der Waals surface area contributed by atoms with Crippen LogP contribution in [0.3, 0.4) is 0 Å². The summed E-state index contributed by atoms with van der Waals surface area (Å²) in [6.45, 7) is 2.36. The minimum Gasteiger partial charge on any atom is -0.410 e. The number of para-hydroxylation sites is 1. The highest BCUT2D eigenvalue weighted by molar-refractivity contribution is 7.89. The molecule has 0 atom stereocenters. The van der Waals surface area contributed by atoms with Gasteiger partial charge in [0.15, 0.2) is 0 Å². The molecule has 41 heavy (non-hydrogen) atoms. The van der Waals surface area contributed by atoms with Gasteiger partial charge in [-0.2, -0.15) is 0 Å². The van der Waals surface area contributed by atoms with Crippen LogP contribution in [-0.4, -0.2) is 37.9 Å². The number of ether oxygens (including phenoxy) is 2. The molecule has 4 N–H and O–H groups in total. The molecule has 0 radical (unpaired) electrons. The Hall–Kier alpha value is -5.00. The zero-order valence-electron chi connectivity index (χ0n) is 22.1. The Balaban J connectivity index is 1.39. The van der Waals surface area contributed by atoms with E-state index in [-0.39, 0.29) is 23.0 Å².